The number of aromatic nitrogens is 1. The van der Waals surface area contributed by atoms with Crippen LogP contribution in [0.25, 0.3) is 0 Å². The van der Waals surface area contributed by atoms with E-state index in [0.29, 0.717) is 6.54 Å². The molecule has 0 radical (unpaired) electrons. The number of hydrogen-bond acceptors (Lipinski definition) is 5. The van der Waals surface area contributed by atoms with E-state index in [0.717, 1.165) is 69.8 Å². The Bertz CT molecular complexity index is 856. The van der Waals surface area contributed by atoms with E-state index in [1.165, 1.54) is 11.3 Å². The Morgan fingerprint density at radius 1 is 1.10 bits per heavy atom. The molecule has 0 atom stereocenters. The van der Waals surface area contributed by atoms with Crippen LogP contribution in [-0.2, 0) is 13.1 Å². The molecule has 0 amide bonds. The monoisotopic (exact) mass is 408 g/mol. The Hall–Kier alpha value is -2.80. The van der Waals surface area contributed by atoms with Crippen molar-refractivity contribution >= 4 is 11.6 Å². The molecule has 4 rings (SSSR count). The number of hydrogen-bond donors (Lipinski definition) is 1. The lowest BCUT2D eigenvalue weighted by Crippen LogP contribution is -2.52. The van der Waals surface area contributed by atoms with Crippen LogP contribution in [0.1, 0.15) is 23.9 Å². The lowest BCUT2D eigenvalue weighted by molar-refractivity contribution is 0.169. The number of rotatable bonds is 6. The molecular formula is C23H32N6O. The van der Waals surface area contributed by atoms with Crippen LogP contribution in [0.5, 0.6) is 0 Å². The molecule has 1 aromatic carbocycles. The lowest BCUT2D eigenvalue weighted by Gasteiger charge is -2.36. The average Bonchev–Trinajstić information content (AvgIpc) is 3.44. The predicted octanol–water partition coefficient (Wildman–Crippen LogP) is 2.64. The molecule has 160 valence electrons. The summed E-state index contributed by atoms with van der Waals surface area (Å²) in [5, 5.41) is 7.58. The molecule has 2 aromatic rings. The Labute approximate surface area is 179 Å². The molecule has 1 N–H and O–H groups in total. The van der Waals surface area contributed by atoms with Crippen molar-refractivity contribution in [1.82, 2.24) is 20.3 Å². The SMILES string of the molecule is CCNC(=NCc1ccc(N2CC=CC2)cc1)N1CCN(Cc2cc(C)on2)CC1. The first kappa shape index (κ1) is 20.5. The fourth-order valence-corrected chi connectivity index (χ4v) is 3.93. The molecule has 30 heavy (non-hydrogen) atoms. The number of nitrogens with zero attached hydrogens (tertiary/aromatic N) is 5. The third-order valence-electron chi connectivity index (χ3n) is 5.60. The highest BCUT2D eigenvalue weighted by atomic mass is 16.5. The third kappa shape index (κ3) is 5.21. The van der Waals surface area contributed by atoms with Gasteiger partial charge in [-0.25, -0.2) is 4.99 Å². The van der Waals surface area contributed by atoms with Crippen molar-refractivity contribution in [2.75, 3.05) is 50.7 Å². The minimum atomic E-state index is 0.694. The van der Waals surface area contributed by atoms with Crippen molar-refractivity contribution in [2.24, 2.45) is 4.99 Å². The van der Waals surface area contributed by atoms with Crippen LogP contribution in [0, 0.1) is 6.92 Å². The summed E-state index contributed by atoms with van der Waals surface area (Å²) < 4.78 is 5.19. The zero-order valence-corrected chi connectivity index (χ0v) is 18.0. The molecule has 0 saturated carbocycles. The maximum Gasteiger partial charge on any atom is 0.194 e. The maximum atomic E-state index is 5.19. The fourth-order valence-electron chi connectivity index (χ4n) is 3.93. The predicted molar refractivity (Wildman–Crippen MR) is 121 cm³/mol. The number of aryl methyl sites for hydroxylation is 1. The van der Waals surface area contributed by atoms with E-state index in [1.807, 2.05) is 13.0 Å². The normalized spacial score (nSPS) is 17.7. The summed E-state index contributed by atoms with van der Waals surface area (Å²) in [4.78, 5) is 12.0. The highest BCUT2D eigenvalue weighted by Gasteiger charge is 2.20. The fraction of sp³-hybridized carbons (Fsp3) is 0.478. The molecule has 1 saturated heterocycles. The molecule has 0 unspecified atom stereocenters. The van der Waals surface area contributed by atoms with Gasteiger partial charge in [0.05, 0.1) is 12.2 Å². The van der Waals surface area contributed by atoms with E-state index in [1.54, 1.807) is 0 Å². The van der Waals surface area contributed by atoms with E-state index in [4.69, 9.17) is 9.52 Å². The van der Waals surface area contributed by atoms with Gasteiger partial charge in [-0.3, -0.25) is 4.90 Å². The molecule has 1 fully saturated rings. The second-order valence-corrected chi connectivity index (χ2v) is 7.91. The summed E-state index contributed by atoms with van der Waals surface area (Å²) in [6.07, 6.45) is 4.43. The van der Waals surface area contributed by atoms with Gasteiger partial charge in [0, 0.05) is 64.1 Å². The Morgan fingerprint density at radius 2 is 1.83 bits per heavy atom. The molecular weight excluding hydrogens is 376 g/mol. The van der Waals surface area contributed by atoms with E-state index in [2.05, 4.69) is 68.5 Å². The number of aliphatic imine (C=N–C) groups is 1. The number of benzene rings is 1. The van der Waals surface area contributed by atoms with Gasteiger partial charge in [-0.05, 0) is 31.5 Å². The van der Waals surface area contributed by atoms with Gasteiger partial charge in [0.25, 0.3) is 0 Å². The highest BCUT2D eigenvalue weighted by Crippen LogP contribution is 2.18. The van der Waals surface area contributed by atoms with E-state index in [9.17, 15) is 0 Å². The summed E-state index contributed by atoms with van der Waals surface area (Å²) in [7, 11) is 0. The van der Waals surface area contributed by atoms with Gasteiger partial charge in [0.1, 0.15) is 5.76 Å². The first-order valence-corrected chi connectivity index (χ1v) is 10.9. The maximum absolute atomic E-state index is 5.19. The standard InChI is InChI=1S/C23H32N6O/c1-3-24-23(25-17-20-6-8-22(9-7-20)28-10-4-5-11-28)29-14-12-27(13-15-29)18-21-16-19(2)30-26-21/h4-9,16H,3,10-15,17-18H2,1-2H3,(H,24,25). The zero-order chi connectivity index (χ0) is 20.8. The molecule has 0 bridgehead atoms. The van der Waals surface area contributed by atoms with Crippen LogP contribution >= 0.6 is 0 Å². The average molecular weight is 409 g/mol. The van der Waals surface area contributed by atoms with Gasteiger partial charge in [0.15, 0.2) is 5.96 Å². The molecule has 7 nitrogen and oxygen atoms in total. The minimum Gasteiger partial charge on any atom is -0.364 e. The Morgan fingerprint density at radius 3 is 2.47 bits per heavy atom. The number of guanidine groups is 1. The van der Waals surface area contributed by atoms with Crippen molar-refractivity contribution in [3.63, 3.8) is 0 Å². The Kier molecular flexibility index (Phi) is 6.69. The van der Waals surface area contributed by atoms with Crippen molar-refractivity contribution in [3.05, 3.63) is 59.5 Å². The highest BCUT2D eigenvalue weighted by molar-refractivity contribution is 5.80. The van der Waals surface area contributed by atoms with Crippen LogP contribution in [0.15, 0.2) is 52.0 Å². The first-order valence-electron chi connectivity index (χ1n) is 10.9. The van der Waals surface area contributed by atoms with E-state index < -0.39 is 0 Å². The van der Waals surface area contributed by atoms with Crippen molar-refractivity contribution in [1.29, 1.82) is 0 Å². The molecule has 0 spiro atoms. The molecule has 1 aromatic heterocycles. The van der Waals surface area contributed by atoms with E-state index in [-0.39, 0.29) is 0 Å². The quantitative estimate of drug-likeness (QED) is 0.451. The van der Waals surface area contributed by atoms with Crippen LogP contribution in [-0.4, -0.2) is 66.7 Å². The summed E-state index contributed by atoms with van der Waals surface area (Å²) in [6.45, 7) is 12.4. The molecule has 7 heteroatoms. The van der Waals surface area contributed by atoms with Gasteiger partial charge >= 0.3 is 0 Å². The zero-order valence-electron chi connectivity index (χ0n) is 18.0. The van der Waals surface area contributed by atoms with Gasteiger partial charge in [-0.1, -0.05) is 29.4 Å². The third-order valence-corrected chi connectivity index (χ3v) is 5.60. The Balaban J connectivity index is 1.31. The molecule has 2 aliphatic rings. The van der Waals surface area contributed by atoms with Crippen molar-refractivity contribution < 1.29 is 4.52 Å². The van der Waals surface area contributed by atoms with Crippen LogP contribution < -0.4 is 10.2 Å². The number of nitrogens with one attached hydrogen (secondary N) is 1. The number of piperazine rings is 1. The van der Waals surface area contributed by atoms with Gasteiger partial charge in [-0.15, -0.1) is 0 Å². The second kappa shape index (κ2) is 9.80. The molecule has 2 aliphatic heterocycles. The van der Waals surface area contributed by atoms with Crippen LogP contribution in [0.4, 0.5) is 5.69 Å². The van der Waals surface area contributed by atoms with Gasteiger partial charge in [0.2, 0.25) is 0 Å². The second-order valence-electron chi connectivity index (χ2n) is 7.91. The molecule has 3 heterocycles. The van der Waals surface area contributed by atoms with E-state index >= 15 is 0 Å². The minimum absolute atomic E-state index is 0.694. The van der Waals surface area contributed by atoms with Crippen LogP contribution in [0.3, 0.4) is 0 Å². The van der Waals surface area contributed by atoms with Crippen molar-refractivity contribution in [2.45, 2.75) is 26.9 Å². The van der Waals surface area contributed by atoms with Gasteiger partial charge in [-0.2, -0.15) is 0 Å². The first-order chi connectivity index (χ1) is 14.7. The number of anilines is 1. The largest absolute Gasteiger partial charge is 0.364 e. The topological polar surface area (TPSA) is 60.1 Å². The molecule has 0 aliphatic carbocycles. The van der Waals surface area contributed by atoms with Gasteiger partial charge < -0.3 is 19.6 Å². The van der Waals surface area contributed by atoms with Crippen molar-refractivity contribution in [3.8, 4) is 0 Å². The summed E-state index contributed by atoms with van der Waals surface area (Å²) in [5.41, 5.74) is 3.52. The smallest absolute Gasteiger partial charge is 0.194 e. The van der Waals surface area contributed by atoms with Crippen LogP contribution in [0.2, 0.25) is 0 Å². The summed E-state index contributed by atoms with van der Waals surface area (Å²) in [5.74, 6) is 1.87. The lowest BCUT2D eigenvalue weighted by atomic mass is 10.2. The summed E-state index contributed by atoms with van der Waals surface area (Å²) in [6, 6.07) is 10.8. The summed E-state index contributed by atoms with van der Waals surface area (Å²) >= 11 is 0.